The number of hydrogen-bond donors (Lipinski definition) is 2. The lowest BCUT2D eigenvalue weighted by molar-refractivity contribution is -0.138. The van der Waals surface area contributed by atoms with Gasteiger partial charge in [-0.25, -0.2) is 8.42 Å². The normalized spacial score (nSPS) is 12.6. The zero-order chi connectivity index (χ0) is 17.7. The third-order valence-corrected chi connectivity index (χ3v) is 4.98. The van der Waals surface area contributed by atoms with Crippen molar-refractivity contribution in [3.05, 3.63) is 59.7 Å². The van der Waals surface area contributed by atoms with Gasteiger partial charge in [0, 0.05) is 0 Å². The summed E-state index contributed by atoms with van der Waals surface area (Å²) in [6, 6.07) is 12.3. The Morgan fingerprint density at radius 3 is 2.46 bits per heavy atom. The maximum absolute atomic E-state index is 12.6. The minimum Gasteiger partial charge on any atom is -0.495 e. The molecule has 0 aliphatic rings. The maximum Gasteiger partial charge on any atom is 0.322 e. The first kappa shape index (κ1) is 18.0. The molecule has 0 amide bonds. The Morgan fingerprint density at radius 1 is 1.21 bits per heavy atom. The van der Waals surface area contributed by atoms with Crippen LogP contribution in [0.3, 0.4) is 0 Å². The largest absolute Gasteiger partial charge is 0.495 e. The van der Waals surface area contributed by atoms with Crippen molar-refractivity contribution in [1.29, 1.82) is 0 Å². The van der Waals surface area contributed by atoms with Crippen LogP contribution in [0.2, 0.25) is 0 Å². The lowest BCUT2D eigenvalue weighted by Gasteiger charge is -2.17. The Balaban J connectivity index is 2.31. The monoisotopic (exact) mass is 349 g/mol. The van der Waals surface area contributed by atoms with Gasteiger partial charge in [0.1, 0.15) is 16.7 Å². The molecule has 2 aromatic rings. The van der Waals surface area contributed by atoms with E-state index in [4.69, 9.17) is 4.74 Å². The van der Waals surface area contributed by atoms with Crippen molar-refractivity contribution in [2.45, 2.75) is 24.3 Å². The van der Waals surface area contributed by atoms with E-state index in [1.165, 1.54) is 19.2 Å². The summed E-state index contributed by atoms with van der Waals surface area (Å²) in [5.41, 5.74) is 1.45. The number of carboxylic acid groups (broad SMARTS) is 1. The molecule has 0 heterocycles. The number of benzene rings is 2. The standard InChI is InChI=1S/C17H19NO5S/c1-12-8-9-15(23-2)16(10-12)24(21,22)18-14(17(19)20)11-13-6-4-3-5-7-13/h3-10,14,18H,11H2,1-2H3,(H,19,20)/t14-/m0/s1. The van der Waals surface area contributed by atoms with Gasteiger partial charge in [0.15, 0.2) is 0 Å². The number of rotatable bonds is 7. The summed E-state index contributed by atoms with van der Waals surface area (Å²) >= 11 is 0. The van der Waals surface area contributed by atoms with Crippen molar-refractivity contribution in [3.63, 3.8) is 0 Å². The zero-order valence-corrected chi connectivity index (χ0v) is 14.2. The second kappa shape index (κ2) is 7.46. The smallest absolute Gasteiger partial charge is 0.322 e. The fourth-order valence-electron chi connectivity index (χ4n) is 2.27. The molecule has 2 N–H and O–H groups in total. The van der Waals surface area contributed by atoms with Crippen LogP contribution in [0.25, 0.3) is 0 Å². The summed E-state index contributed by atoms with van der Waals surface area (Å²) in [5, 5.41) is 9.37. The predicted molar refractivity (Wildman–Crippen MR) is 89.6 cm³/mol. The Labute approximate surface area is 141 Å². The number of ether oxygens (including phenoxy) is 1. The van der Waals surface area contributed by atoms with Gasteiger partial charge in [-0.1, -0.05) is 36.4 Å². The molecule has 0 aliphatic carbocycles. The van der Waals surface area contributed by atoms with Crippen molar-refractivity contribution in [2.24, 2.45) is 0 Å². The Kier molecular flexibility index (Phi) is 5.58. The van der Waals surface area contributed by atoms with Crippen molar-refractivity contribution in [1.82, 2.24) is 4.72 Å². The summed E-state index contributed by atoms with van der Waals surface area (Å²) in [6.07, 6.45) is 0.0452. The predicted octanol–water partition coefficient (Wildman–Crippen LogP) is 1.98. The van der Waals surface area contributed by atoms with Crippen LogP contribution >= 0.6 is 0 Å². The SMILES string of the molecule is COc1ccc(C)cc1S(=O)(=O)N[C@@H](Cc1ccccc1)C(=O)O. The van der Waals surface area contributed by atoms with Crippen LogP contribution < -0.4 is 9.46 Å². The Bertz CT molecular complexity index is 818. The third-order valence-electron chi connectivity index (χ3n) is 3.49. The van der Waals surface area contributed by atoms with E-state index in [1.807, 2.05) is 0 Å². The molecule has 2 aromatic carbocycles. The molecular formula is C17H19NO5S. The molecule has 0 spiro atoms. The summed E-state index contributed by atoms with van der Waals surface area (Å²) in [5.74, 6) is -1.08. The van der Waals surface area contributed by atoms with Gasteiger partial charge in [0.2, 0.25) is 10.0 Å². The number of carbonyl (C=O) groups is 1. The van der Waals surface area contributed by atoms with Gasteiger partial charge in [0.05, 0.1) is 7.11 Å². The molecule has 24 heavy (non-hydrogen) atoms. The number of sulfonamides is 1. The molecule has 0 bridgehead atoms. The van der Waals surface area contributed by atoms with E-state index >= 15 is 0 Å². The number of hydrogen-bond acceptors (Lipinski definition) is 4. The topological polar surface area (TPSA) is 92.7 Å². The molecule has 2 rings (SSSR count). The van der Waals surface area contributed by atoms with E-state index < -0.39 is 22.0 Å². The van der Waals surface area contributed by atoms with Crippen LogP contribution in [-0.2, 0) is 21.2 Å². The Morgan fingerprint density at radius 2 is 1.88 bits per heavy atom. The number of methoxy groups -OCH3 is 1. The summed E-state index contributed by atoms with van der Waals surface area (Å²) in [6.45, 7) is 1.75. The highest BCUT2D eigenvalue weighted by atomic mass is 32.2. The molecular weight excluding hydrogens is 330 g/mol. The van der Waals surface area contributed by atoms with E-state index in [1.54, 1.807) is 43.3 Å². The molecule has 0 unspecified atom stereocenters. The maximum atomic E-state index is 12.6. The Hall–Kier alpha value is -2.38. The number of nitrogens with one attached hydrogen (secondary N) is 1. The molecule has 128 valence electrons. The van der Waals surface area contributed by atoms with Gasteiger partial charge in [-0.15, -0.1) is 0 Å². The lowest BCUT2D eigenvalue weighted by atomic mass is 10.1. The van der Waals surface area contributed by atoms with E-state index in [9.17, 15) is 18.3 Å². The van der Waals surface area contributed by atoms with E-state index in [0.29, 0.717) is 0 Å². The van der Waals surface area contributed by atoms with Gasteiger partial charge in [-0.3, -0.25) is 4.79 Å². The van der Waals surface area contributed by atoms with Crippen LogP contribution in [-0.4, -0.2) is 32.6 Å². The number of aryl methyl sites for hydroxylation is 1. The highest BCUT2D eigenvalue weighted by Crippen LogP contribution is 2.25. The van der Waals surface area contributed by atoms with Gasteiger partial charge >= 0.3 is 5.97 Å². The van der Waals surface area contributed by atoms with Gasteiger partial charge < -0.3 is 9.84 Å². The number of aliphatic carboxylic acids is 1. The van der Waals surface area contributed by atoms with E-state index in [2.05, 4.69) is 4.72 Å². The molecule has 0 saturated carbocycles. The van der Waals surface area contributed by atoms with Crippen LogP contribution in [0.15, 0.2) is 53.4 Å². The van der Waals surface area contributed by atoms with Crippen LogP contribution in [0.5, 0.6) is 5.75 Å². The molecule has 0 fully saturated rings. The average Bonchev–Trinajstić information content (AvgIpc) is 2.55. The molecule has 7 heteroatoms. The molecule has 6 nitrogen and oxygen atoms in total. The van der Waals surface area contributed by atoms with Crippen molar-refractivity contribution in [2.75, 3.05) is 7.11 Å². The summed E-state index contributed by atoms with van der Waals surface area (Å²) in [4.78, 5) is 11.4. The first-order chi connectivity index (χ1) is 11.3. The van der Waals surface area contributed by atoms with Crippen LogP contribution in [0, 0.1) is 6.92 Å². The average molecular weight is 349 g/mol. The highest BCUT2D eigenvalue weighted by molar-refractivity contribution is 7.89. The van der Waals surface area contributed by atoms with Gasteiger partial charge in [-0.05, 0) is 36.6 Å². The quantitative estimate of drug-likeness (QED) is 0.797. The second-order valence-corrected chi connectivity index (χ2v) is 7.04. The molecule has 0 aliphatic heterocycles. The van der Waals surface area contributed by atoms with E-state index in [0.717, 1.165) is 11.1 Å². The summed E-state index contributed by atoms with van der Waals surface area (Å²) in [7, 11) is -2.68. The van der Waals surface area contributed by atoms with Crippen molar-refractivity contribution >= 4 is 16.0 Å². The molecule has 0 saturated heterocycles. The molecule has 0 aromatic heterocycles. The third kappa shape index (κ3) is 4.33. The van der Waals surface area contributed by atoms with Crippen molar-refractivity contribution < 1.29 is 23.1 Å². The first-order valence-corrected chi connectivity index (χ1v) is 8.75. The van der Waals surface area contributed by atoms with Crippen molar-refractivity contribution in [3.8, 4) is 5.75 Å². The molecule has 0 radical (unpaired) electrons. The minimum atomic E-state index is -4.05. The van der Waals surface area contributed by atoms with Crippen LogP contribution in [0.4, 0.5) is 0 Å². The second-order valence-electron chi connectivity index (χ2n) is 5.36. The van der Waals surface area contributed by atoms with Crippen LogP contribution in [0.1, 0.15) is 11.1 Å². The summed E-state index contributed by atoms with van der Waals surface area (Å²) < 4.78 is 32.6. The fraction of sp³-hybridized carbons (Fsp3) is 0.235. The first-order valence-electron chi connectivity index (χ1n) is 7.27. The van der Waals surface area contributed by atoms with Gasteiger partial charge in [-0.2, -0.15) is 4.72 Å². The highest BCUT2D eigenvalue weighted by Gasteiger charge is 2.28. The lowest BCUT2D eigenvalue weighted by Crippen LogP contribution is -2.42. The zero-order valence-electron chi connectivity index (χ0n) is 13.4. The number of carboxylic acids is 1. The fourth-order valence-corrected chi connectivity index (χ4v) is 3.72. The van der Waals surface area contributed by atoms with Gasteiger partial charge in [0.25, 0.3) is 0 Å². The van der Waals surface area contributed by atoms with E-state index in [-0.39, 0.29) is 17.1 Å². The molecule has 1 atom stereocenters. The minimum absolute atomic E-state index is 0.0452.